The van der Waals surface area contributed by atoms with E-state index >= 15 is 0 Å². The van der Waals surface area contributed by atoms with Crippen LogP contribution < -0.4 is 0 Å². The van der Waals surface area contributed by atoms with E-state index in [-0.39, 0.29) is 11.8 Å². The van der Waals surface area contributed by atoms with Crippen LogP contribution in [0.4, 0.5) is 0 Å². The Morgan fingerprint density at radius 2 is 1.23 bits per heavy atom. The normalized spacial score (nSPS) is 13.8. The molecule has 1 fully saturated rings. The lowest BCUT2D eigenvalue weighted by molar-refractivity contribution is 0.0535. The number of carbonyl (C=O) groups excluding carboxylic acids is 2. The molecule has 3 aromatic carbocycles. The average molecular weight is 451 g/mol. The van der Waals surface area contributed by atoms with Gasteiger partial charge in [0.15, 0.2) is 0 Å². The van der Waals surface area contributed by atoms with Gasteiger partial charge in [0.1, 0.15) is 0 Å². The number of amides is 2. The number of rotatable bonds is 5. The van der Waals surface area contributed by atoms with Crippen molar-refractivity contribution in [1.29, 1.82) is 0 Å². The fourth-order valence-corrected chi connectivity index (χ4v) is 4.48. The van der Waals surface area contributed by atoms with Crippen molar-refractivity contribution in [3.8, 4) is 0 Å². The summed E-state index contributed by atoms with van der Waals surface area (Å²) in [4.78, 5) is 30.3. The zero-order valence-corrected chi connectivity index (χ0v) is 18.6. The summed E-state index contributed by atoms with van der Waals surface area (Å²) in [5.74, 6) is 0.870. The summed E-state index contributed by atoms with van der Waals surface area (Å²) >= 11 is 7.66. The Kier molecular flexibility index (Phi) is 6.95. The van der Waals surface area contributed by atoms with Crippen LogP contribution in [0.2, 0.25) is 5.02 Å². The Labute approximate surface area is 191 Å². The number of hydrogen-bond donors (Lipinski definition) is 0. The van der Waals surface area contributed by atoms with Crippen molar-refractivity contribution in [2.45, 2.75) is 10.6 Å². The fourth-order valence-electron chi connectivity index (χ4n) is 3.50. The average Bonchev–Trinajstić information content (AvgIpc) is 2.84. The van der Waals surface area contributed by atoms with Crippen molar-refractivity contribution in [1.82, 2.24) is 9.80 Å². The van der Waals surface area contributed by atoms with Gasteiger partial charge in [0.05, 0.1) is 0 Å². The smallest absolute Gasteiger partial charge is 0.253 e. The van der Waals surface area contributed by atoms with E-state index in [0.29, 0.717) is 37.3 Å². The molecule has 0 spiro atoms. The van der Waals surface area contributed by atoms with Crippen molar-refractivity contribution in [3.05, 3.63) is 101 Å². The summed E-state index contributed by atoms with van der Waals surface area (Å²) in [6.45, 7) is 2.20. The Balaban J connectivity index is 1.29. The maximum absolute atomic E-state index is 12.9. The molecule has 158 valence electrons. The van der Waals surface area contributed by atoms with Crippen LogP contribution in [0.25, 0.3) is 0 Å². The molecule has 0 aliphatic carbocycles. The first kappa shape index (κ1) is 21.5. The van der Waals surface area contributed by atoms with Crippen LogP contribution in [0.15, 0.2) is 83.8 Å². The molecule has 0 bridgehead atoms. The predicted octanol–water partition coefficient (Wildman–Crippen LogP) is 5.23. The van der Waals surface area contributed by atoms with Crippen LogP contribution in [-0.4, -0.2) is 47.8 Å². The van der Waals surface area contributed by atoms with E-state index < -0.39 is 0 Å². The van der Waals surface area contributed by atoms with Gasteiger partial charge in [0.2, 0.25) is 0 Å². The lowest BCUT2D eigenvalue weighted by atomic mass is 10.1. The van der Waals surface area contributed by atoms with Gasteiger partial charge in [-0.2, -0.15) is 0 Å². The van der Waals surface area contributed by atoms with Gasteiger partial charge in [0.25, 0.3) is 11.8 Å². The predicted molar refractivity (Wildman–Crippen MR) is 126 cm³/mol. The van der Waals surface area contributed by atoms with Gasteiger partial charge in [-0.05, 0) is 54.1 Å². The zero-order chi connectivity index (χ0) is 21.6. The van der Waals surface area contributed by atoms with Gasteiger partial charge in [-0.25, -0.2) is 0 Å². The van der Waals surface area contributed by atoms with Crippen molar-refractivity contribution in [2.75, 3.05) is 26.2 Å². The lowest BCUT2D eigenvalue weighted by Crippen LogP contribution is -2.50. The highest BCUT2D eigenvalue weighted by Gasteiger charge is 2.25. The van der Waals surface area contributed by atoms with Crippen molar-refractivity contribution in [3.63, 3.8) is 0 Å². The molecule has 31 heavy (non-hydrogen) atoms. The van der Waals surface area contributed by atoms with Crippen LogP contribution in [0.5, 0.6) is 0 Å². The van der Waals surface area contributed by atoms with E-state index in [1.54, 1.807) is 11.8 Å². The molecule has 1 aliphatic heterocycles. The molecule has 2 amide bonds. The first-order valence-corrected chi connectivity index (χ1v) is 11.6. The summed E-state index contributed by atoms with van der Waals surface area (Å²) in [6, 6.07) is 24.9. The third-order valence-corrected chi connectivity index (χ3v) is 6.63. The molecule has 0 unspecified atom stereocenters. The van der Waals surface area contributed by atoms with Gasteiger partial charge in [-0.15, -0.1) is 11.8 Å². The van der Waals surface area contributed by atoms with Crippen LogP contribution in [0.1, 0.15) is 26.3 Å². The minimum atomic E-state index is 0.0173. The topological polar surface area (TPSA) is 40.6 Å². The zero-order valence-electron chi connectivity index (χ0n) is 17.0. The second kappa shape index (κ2) is 10.0. The van der Waals surface area contributed by atoms with Gasteiger partial charge < -0.3 is 9.80 Å². The molecule has 6 heteroatoms. The maximum Gasteiger partial charge on any atom is 0.253 e. The first-order valence-electron chi connectivity index (χ1n) is 10.2. The summed E-state index contributed by atoms with van der Waals surface area (Å²) < 4.78 is 0. The molecule has 0 aromatic heterocycles. The third-order valence-electron chi connectivity index (χ3n) is 5.29. The molecular formula is C25H23ClN2O2S. The van der Waals surface area contributed by atoms with Gasteiger partial charge in [-0.1, -0.05) is 41.9 Å². The van der Waals surface area contributed by atoms with Crippen LogP contribution in [-0.2, 0) is 5.75 Å². The largest absolute Gasteiger partial charge is 0.335 e. The number of thioether (sulfide) groups is 1. The molecule has 4 rings (SSSR count). The molecule has 1 aliphatic rings. The lowest BCUT2D eigenvalue weighted by Gasteiger charge is -2.35. The van der Waals surface area contributed by atoms with Crippen molar-refractivity contribution < 1.29 is 9.59 Å². The second-order valence-corrected chi connectivity index (χ2v) is 8.88. The Morgan fingerprint density at radius 1 is 0.710 bits per heavy atom. The minimum Gasteiger partial charge on any atom is -0.335 e. The highest BCUT2D eigenvalue weighted by molar-refractivity contribution is 7.98. The number of piperazine rings is 1. The van der Waals surface area contributed by atoms with Gasteiger partial charge in [-0.3, -0.25) is 9.59 Å². The summed E-state index contributed by atoms with van der Waals surface area (Å²) in [5, 5.41) is 0.734. The molecule has 0 atom stereocenters. The van der Waals surface area contributed by atoms with Crippen molar-refractivity contribution in [2.24, 2.45) is 0 Å². The van der Waals surface area contributed by atoms with E-state index in [0.717, 1.165) is 21.2 Å². The molecule has 4 nitrogen and oxygen atoms in total. The number of halogens is 1. The molecule has 0 saturated carbocycles. The monoisotopic (exact) mass is 450 g/mol. The van der Waals surface area contributed by atoms with Crippen LogP contribution >= 0.6 is 23.4 Å². The first-order chi connectivity index (χ1) is 15.1. The molecule has 0 radical (unpaired) electrons. The van der Waals surface area contributed by atoms with Gasteiger partial charge >= 0.3 is 0 Å². The molecule has 1 saturated heterocycles. The molecular weight excluding hydrogens is 428 g/mol. The van der Waals surface area contributed by atoms with E-state index in [2.05, 4.69) is 0 Å². The van der Waals surface area contributed by atoms with E-state index in [9.17, 15) is 9.59 Å². The SMILES string of the molecule is O=C(c1ccccc1)N1CCN(C(=O)c2ccc(CSc3ccc(Cl)cc3)cc2)CC1. The van der Waals surface area contributed by atoms with E-state index in [1.165, 1.54) is 0 Å². The molecule has 1 heterocycles. The van der Waals surface area contributed by atoms with Crippen molar-refractivity contribution >= 4 is 35.2 Å². The van der Waals surface area contributed by atoms with Crippen LogP contribution in [0.3, 0.4) is 0 Å². The second-order valence-electron chi connectivity index (χ2n) is 7.39. The Morgan fingerprint density at radius 3 is 1.77 bits per heavy atom. The number of carbonyl (C=O) groups is 2. The number of hydrogen-bond acceptors (Lipinski definition) is 3. The van der Waals surface area contributed by atoms with E-state index in [4.69, 9.17) is 11.6 Å². The number of nitrogens with zero attached hydrogens (tertiary/aromatic N) is 2. The van der Waals surface area contributed by atoms with E-state index in [1.807, 2.05) is 88.7 Å². The summed E-state index contributed by atoms with van der Waals surface area (Å²) in [5.41, 5.74) is 2.53. The van der Waals surface area contributed by atoms with Gasteiger partial charge in [0, 0.05) is 53.0 Å². The Bertz CT molecular complexity index is 1030. The molecule has 0 N–H and O–H groups in total. The molecule has 3 aromatic rings. The van der Waals surface area contributed by atoms with Crippen LogP contribution in [0, 0.1) is 0 Å². The highest BCUT2D eigenvalue weighted by Crippen LogP contribution is 2.24. The number of benzene rings is 3. The standard InChI is InChI=1S/C25H23ClN2O2S/c26-22-10-12-23(13-11-22)31-18-19-6-8-21(9-7-19)25(30)28-16-14-27(15-17-28)24(29)20-4-2-1-3-5-20/h1-13H,14-18H2. The highest BCUT2D eigenvalue weighted by atomic mass is 35.5. The maximum atomic E-state index is 12.9. The summed E-state index contributed by atoms with van der Waals surface area (Å²) in [6.07, 6.45) is 0. The minimum absolute atomic E-state index is 0.0173. The summed E-state index contributed by atoms with van der Waals surface area (Å²) in [7, 11) is 0. The quantitative estimate of drug-likeness (QED) is 0.500. The Hall–Kier alpha value is -2.76. The third kappa shape index (κ3) is 5.49. The fraction of sp³-hybridized carbons (Fsp3) is 0.200.